The SMILES string of the molecule is CCCn1c(C)c(CC(C)N)c2cc3c(cc21)CN(C)C3. The molecule has 0 radical (unpaired) electrons. The molecular formula is C18H27N3. The van der Waals surface area contributed by atoms with Crippen molar-refractivity contribution in [3.8, 4) is 0 Å². The third kappa shape index (κ3) is 2.49. The molecule has 0 saturated carbocycles. The van der Waals surface area contributed by atoms with Crippen LogP contribution in [0.2, 0.25) is 0 Å². The highest BCUT2D eigenvalue weighted by Crippen LogP contribution is 2.33. The summed E-state index contributed by atoms with van der Waals surface area (Å²) in [5.41, 5.74) is 13.3. The van der Waals surface area contributed by atoms with Crippen LogP contribution >= 0.6 is 0 Å². The van der Waals surface area contributed by atoms with Crippen LogP contribution in [-0.4, -0.2) is 22.6 Å². The number of benzene rings is 1. The zero-order chi connectivity index (χ0) is 15.1. The van der Waals surface area contributed by atoms with Gasteiger partial charge in [0, 0.05) is 42.3 Å². The van der Waals surface area contributed by atoms with Crippen molar-refractivity contribution in [2.45, 2.75) is 59.3 Å². The number of aryl methyl sites for hydroxylation is 1. The summed E-state index contributed by atoms with van der Waals surface area (Å²) in [7, 11) is 2.19. The van der Waals surface area contributed by atoms with Gasteiger partial charge in [0.25, 0.3) is 0 Å². The first kappa shape index (κ1) is 14.6. The minimum Gasteiger partial charge on any atom is -0.345 e. The van der Waals surface area contributed by atoms with Gasteiger partial charge in [-0.2, -0.15) is 0 Å². The van der Waals surface area contributed by atoms with Crippen LogP contribution in [0.5, 0.6) is 0 Å². The average Bonchev–Trinajstić information content (AvgIpc) is 2.88. The Morgan fingerprint density at radius 1 is 1.24 bits per heavy atom. The van der Waals surface area contributed by atoms with E-state index in [1.807, 2.05) is 0 Å². The fourth-order valence-corrected chi connectivity index (χ4v) is 3.70. The molecule has 0 spiro atoms. The molecule has 2 aromatic rings. The number of fused-ring (bicyclic) bond motifs is 2. The number of aromatic nitrogens is 1. The summed E-state index contributed by atoms with van der Waals surface area (Å²) >= 11 is 0. The Bertz CT molecular complexity index is 667. The van der Waals surface area contributed by atoms with Crippen molar-refractivity contribution in [1.29, 1.82) is 0 Å². The normalized spacial score (nSPS) is 16.6. The molecule has 0 bridgehead atoms. The van der Waals surface area contributed by atoms with Gasteiger partial charge in [-0.05, 0) is 62.6 Å². The van der Waals surface area contributed by atoms with Gasteiger partial charge in [0.2, 0.25) is 0 Å². The molecule has 3 heteroatoms. The van der Waals surface area contributed by atoms with Gasteiger partial charge < -0.3 is 10.3 Å². The molecular weight excluding hydrogens is 258 g/mol. The second kappa shape index (κ2) is 5.47. The van der Waals surface area contributed by atoms with Crippen LogP contribution in [0, 0.1) is 6.92 Å². The summed E-state index contributed by atoms with van der Waals surface area (Å²) in [5.74, 6) is 0. The molecule has 1 atom stereocenters. The Balaban J connectivity index is 2.21. The summed E-state index contributed by atoms with van der Waals surface area (Å²) in [6, 6.07) is 5.05. The first-order valence-electron chi connectivity index (χ1n) is 8.08. The minimum absolute atomic E-state index is 0.209. The van der Waals surface area contributed by atoms with Crippen LogP contribution < -0.4 is 5.73 Å². The van der Waals surface area contributed by atoms with Crippen molar-refractivity contribution in [2.75, 3.05) is 7.05 Å². The maximum atomic E-state index is 6.08. The number of rotatable bonds is 4. The average molecular weight is 285 g/mol. The van der Waals surface area contributed by atoms with Gasteiger partial charge in [-0.3, -0.25) is 4.90 Å². The van der Waals surface area contributed by atoms with E-state index in [9.17, 15) is 0 Å². The van der Waals surface area contributed by atoms with E-state index >= 15 is 0 Å². The van der Waals surface area contributed by atoms with Crippen LogP contribution in [0.4, 0.5) is 0 Å². The predicted molar refractivity (Wildman–Crippen MR) is 89.5 cm³/mol. The molecule has 1 aromatic carbocycles. The van der Waals surface area contributed by atoms with E-state index in [-0.39, 0.29) is 6.04 Å². The van der Waals surface area contributed by atoms with Crippen molar-refractivity contribution < 1.29 is 0 Å². The lowest BCUT2D eigenvalue weighted by Crippen LogP contribution is -2.18. The molecule has 0 fully saturated rings. The Morgan fingerprint density at radius 2 is 1.90 bits per heavy atom. The zero-order valence-corrected chi connectivity index (χ0v) is 13.7. The predicted octanol–water partition coefficient (Wildman–Crippen LogP) is 3.19. The van der Waals surface area contributed by atoms with Crippen LogP contribution in [0.15, 0.2) is 12.1 Å². The largest absolute Gasteiger partial charge is 0.345 e. The fraction of sp³-hybridized carbons (Fsp3) is 0.556. The van der Waals surface area contributed by atoms with Gasteiger partial charge >= 0.3 is 0 Å². The number of nitrogens with two attached hydrogens (primary N) is 1. The van der Waals surface area contributed by atoms with Crippen molar-refractivity contribution in [3.05, 3.63) is 34.5 Å². The van der Waals surface area contributed by atoms with Gasteiger partial charge in [-0.15, -0.1) is 0 Å². The van der Waals surface area contributed by atoms with Gasteiger partial charge in [0.15, 0.2) is 0 Å². The molecule has 3 rings (SSSR count). The summed E-state index contributed by atoms with van der Waals surface area (Å²) in [4.78, 5) is 2.38. The Labute approximate surface area is 127 Å². The summed E-state index contributed by atoms with van der Waals surface area (Å²) < 4.78 is 2.49. The van der Waals surface area contributed by atoms with Gasteiger partial charge in [-0.1, -0.05) is 6.92 Å². The van der Waals surface area contributed by atoms with E-state index in [0.29, 0.717) is 0 Å². The van der Waals surface area contributed by atoms with Gasteiger partial charge in [0.05, 0.1) is 0 Å². The zero-order valence-electron chi connectivity index (χ0n) is 13.7. The van der Waals surface area contributed by atoms with Gasteiger partial charge in [0.1, 0.15) is 0 Å². The molecule has 1 aliphatic rings. The van der Waals surface area contributed by atoms with E-state index in [1.54, 1.807) is 0 Å². The second-order valence-electron chi connectivity index (χ2n) is 6.71. The van der Waals surface area contributed by atoms with Crippen molar-refractivity contribution >= 4 is 10.9 Å². The minimum atomic E-state index is 0.209. The summed E-state index contributed by atoms with van der Waals surface area (Å²) in [6.07, 6.45) is 2.13. The summed E-state index contributed by atoms with van der Waals surface area (Å²) in [5, 5.41) is 1.42. The van der Waals surface area contributed by atoms with Crippen LogP contribution in [0.25, 0.3) is 10.9 Å². The lowest BCUT2D eigenvalue weighted by atomic mass is 10.0. The van der Waals surface area contributed by atoms with Crippen molar-refractivity contribution in [1.82, 2.24) is 9.47 Å². The number of hydrogen-bond acceptors (Lipinski definition) is 2. The standard InChI is InChI=1S/C18H27N3/c1-5-6-21-13(3)16(7-12(2)19)17-8-14-10-20(4)11-15(14)9-18(17)21/h8-9,12H,5-7,10-11,19H2,1-4H3. The van der Waals surface area contributed by atoms with Gasteiger partial charge in [-0.25, -0.2) is 0 Å². The second-order valence-corrected chi connectivity index (χ2v) is 6.71. The number of nitrogens with zero attached hydrogens (tertiary/aromatic N) is 2. The third-order valence-corrected chi connectivity index (χ3v) is 4.63. The molecule has 2 N–H and O–H groups in total. The Hall–Kier alpha value is -1.32. The lowest BCUT2D eigenvalue weighted by Gasteiger charge is -2.08. The molecule has 21 heavy (non-hydrogen) atoms. The molecule has 0 saturated heterocycles. The molecule has 1 aromatic heterocycles. The Kier molecular flexibility index (Phi) is 3.80. The maximum absolute atomic E-state index is 6.08. The molecule has 3 nitrogen and oxygen atoms in total. The van der Waals surface area contributed by atoms with E-state index < -0.39 is 0 Å². The van der Waals surface area contributed by atoms with E-state index in [2.05, 4.69) is 49.4 Å². The molecule has 0 aliphatic carbocycles. The molecule has 1 aliphatic heterocycles. The topological polar surface area (TPSA) is 34.2 Å². The highest BCUT2D eigenvalue weighted by molar-refractivity contribution is 5.87. The smallest absolute Gasteiger partial charge is 0.0488 e. The Morgan fingerprint density at radius 3 is 2.52 bits per heavy atom. The van der Waals surface area contributed by atoms with Crippen molar-refractivity contribution in [3.63, 3.8) is 0 Å². The third-order valence-electron chi connectivity index (χ3n) is 4.63. The lowest BCUT2D eigenvalue weighted by molar-refractivity contribution is 0.353. The highest BCUT2D eigenvalue weighted by atomic mass is 15.1. The van der Waals surface area contributed by atoms with Crippen LogP contribution in [0.3, 0.4) is 0 Å². The van der Waals surface area contributed by atoms with Crippen LogP contribution in [0.1, 0.15) is 42.7 Å². The molecule has 1 unspecified atom stereocenters. The van der Waals surface area contributed by atoms with Crippen molar-refractivity contribution in [2.24, 2.45) is 5.73 Å². The van der Waals surface area contributed by atoms with E-state index in [0.717, 1.165) is 26.1 Å². The first-order valence-corrected chi connectivity index (χ1v) is 8.08. The molecule has 114 valence electrons. The number of hydrogen-bond donors (Lipinski definition) is 1. The maximum Gasteiger partial charge on any atom is 0.0488 e. The molecule has 2 heterocycles. The summed E-state index contributed by atoms with van der Waals surface area (Å²) in [6.45, 7) is 9.84. The van der Waals surface area contributed by atoms with E-state index in [1.165, 1.54) is 39.7 Å². The van der Waals surface area contributed by atoms with E-state index in [4.69, 9.17) is 5.73 Å². The molecule has 0 amide bonds. The fourth-order valence-electron chi connectivity index (χ4n) is 3.70. The monoisotopic (exact) mass is 285 g/mol. The highest BCUT2D eigenvalue weighted by Gasteiger charge is 2.21. The van der Waals surface area contributed by atoms with Crippen LogP contribution in [-0.2, 0) is 26.1 Å². The quantitative estimate of drug-likeness (QED) is 0.936. The first-order chi connectivity index (χ1) is 10.0.